The van der Waals surface area contributed by atoms with Crippen molar-refractivity contribution in [2.45, 2.75) is 71.5 Å². The van der Waals surface area contributed by atoms with Crippen molar-refractivity contribution in [1.82, 2.24) is 9.80 Å². The van der Waals surface area contributed by atoms with Gasteiger partial charge in [-0.15, -0.1) is 0 Å². The first-order valence-electron chi connectivity index (χ1n) is 7.78. The number of allylic oxidation sites excluding steroid dienone is 1. The van der Waals surface area contributed by atoms with Crippen LogP contribution in [0.2, 0.25) is 0 Å². The predicted molar refractivity (Wildman–Crippen MR) is 79.0 cm³/mol. The normalized spacial score (nSPS) is 28.9. The van der Waals surface area contributed by atoms with Crippen LogP contribution in [0, 0.1) is 0 Å². The summed E-state index contributed by atoms with van der Waals surface area (Å²) < 4.78 is 0. The minimum atomic E-state index is 0.248. The molecule has 0 spiro atoms. The first-order valence-corrected chi connectivity index (χ1v) is 7.78. The van der Waals surface area contributed by atoms with E-state index in [9.17, 15) is 4.79 Å². The maximum atomic E-state index is 12.4. The van der Waals surface area contributed by atoms with Crippen molar-refractivity contribution in [2.75, 3.05) is 13.1 Å². The van der Waals surface area contributed by atoms with Crippen molar-refractivity contribution in [2.24, 2.45) is 0 Å². The summed E-state index contributed by atoms with van der Waals surface area (Å²) in [5.74, 6) is 0.248. The van der Waals surface area contributed by atoms with Gasteiger partial charge in [-0.3, -0.25) is 9.69 Å². The molecule has 0 aromatic carbocycles. The number of hydrogen-bond donors (Lipinski definition) is 0. The summed E-state index contributed by atoms with van der Waals surface area (Å²) in [5.41, 5.74) is 0.913. The van der Waals surface area contributed by atoms with Gasteiger partial charge in [0.05, 0.1) is 0 Å². The van der Waals surface area contributed by atoms with E-state index in [2.05, 4.69) is 30.6 Å². The Morgan fingerprint density at radius 2 is 1.95 bits per heavy atom. The van der Waals surface area contributed by atoms with Crippen molar-refractivity contribution < 1.29 is 4.79 Å². The second-order valence-corrected chi connectivity index (χ2v) is 6.26. The predicted octanol–water partition coefficient (Wildman–Crippen LogP) is 2.82. The monoisotopic (exact) mass is 264 g/mol. The lowest BCUT2D eigenvalue weighted by atomic mass is 10.1. The summed E-state index contributed by atoms with van der Waals surface area (Å²) in [6.45, 7) is 10.5. The van der Waals surface area contributed by atoms with Crippen LogP contribution in [0.4, 0.5) is 0 Å². The highest BCUT2D eigenvalue weighted by Gasteiger charge is 2.39. The molecule has 0 aromatic rings. The van der Waals surface area contributed by atoms with Crippen molar-refractivity contribution in [3.05, 3.63) is 11.6 Å². The number of carbonyl (C=O) groups is 1. The average Bonchev–Trinajstić information content (AvgIpc) is 2.64. The second kappa shape index (κ2) is 6.08. The lowest BCUT2D eigenvalue weighted by Gasteiger charge is -2.32. The zero-order chi connectivity index (χ0) is 14.0. The molecule has 2 atom stereocenters. The Hall–Kier alpha value is -0.830. The summed E-state index contributed by atoms with van der Waals surface area (Å²) in [7, 11) is 0. The van der Waals surface area contributed by atoms with Crippen molar-refractivity contribution in [3.63, 3.8) is 0 Å². The molecular formula is C16H28N2O. The van der Waals surface area contributed by atoms with Crippen LogP contribution in [0.25, 0.3) is 0 Å². The van der Waals surface area contributed by atoms with E-state index in [0.29, 0.717) is 18.1 Å². The van der Waals surface area contributed by atoms with Crippen LogP contribution in [0.15, 0.2) is 11.6 Å². The quantitative estimate of drug-likeness (QED) is 0.732. The number of rotatable bonds is 3. The van der Waals surface area contributed by atoms with Crippen molar-refractivity contribution in [1.29, 1.82) is 0 Å². The molecule has 2 aliphatic rings. The highest BCUT2D eigenvalue weighted by Crippen LogP contribution is 2.32. The van der Waals surface area contributed by atoms with E-state index < -0.39 is 0 Å². The van der Waals surface area contributed by atoms with Gasteiger partial charge in [-0.05, 0) is 46.5 Å². The number of hydrogen-bond acceptors (Lipinski definition) is 2. The molecule has 0 unspecified atom stereocenters. The Labute approximate surface area is 117 Å². The van der Waals surface area contributed by atoms with Crippen LogP contribution in [0.1, 0.15) is 53.4 Å². The molecule has 19 heavy (non-hydrogen) atoms. The minimum Gasteiger partial charge on any atom is -0.337 e. The lowest BCUT2D eigenvalue weighted by Crippen LogP contribution is -2.44. The summed E-state index contributed by atoms with van der Waals surface area (Å²) in [4.78, 5) is 17.2. The van der Waals surface area contributed by atoms with E-state index in [0.717, 1.165) is 31.5 Å². The molecule has 3 heteroatoms. The molecule has 0 aliphatic carbocycles. The van der Waals surface area contributed by atoms with Gasteiger partial charge in [-0.2, -0.15) is 0 Å². The summed E-state index contributed by atoms with van der Waals surface area (Å²) in [6, 6.07) is 1.86. The number of amides is 1. The van der Waals surface area contributed by atoms with Gasteiger partial charge in [-0.1, -0.05) is 13.0 Å². The Kier molecular flexibility index (Phi) is 4.67. The van der Waals surface area contributed by atoms with E-state index in [4.69, 9.17) is 0 Å². The van der Waals surface area contributed by atoms with E-state index in [1.807, 2.05) is 13.0 Å². The molecule has 0 saturated carbocycles. The van der Waals surface area contributed by atoms with Gasteiger partial charge in [0.15, 0.2) is 0 Å². The topological polar surface area (TPSA) is 23.6 Å². The van der Waals surface area contributed by atoms with Crippen LogP contribution in [0.3, 0.4) is 0 Å². The smallest absolute Gasteiger partial charge is 0.249 e. The zero-order valence-electron chi connectivity index (χ0n) is 12.9. The largest absolute Gasteiger partial charge is 0.337 e. The van der Waals surface area contributed by atoms with Gasteiger partial charge in [0.1, 0.15) is 0 Å². The van der Waals surface area contributed by atoms with Gasteiger partial charge < -0.3 is 4.90 Å². The zero-order valence-corrected chi connectivity index (χ0v) is 12.9. The molecule has 2 aliphatic heterocycles. The maximum absolute atomic E-state index is 12.4. The Morgan fingerprint density at radius 3 is 2.58 bits per heavy atom. The number of likely N-dealkylation sites (tertiary alicyclic amines) is 1. The van der Waals surface area contributed by atoms with Crippen LogP contribution in [-0.2, 0) is 4.79 Å². The third kappa shape index (κ3) is 3.02. The van der Waals surface area contributed by atoms with Gasteiger partial charge >= 0.3 is 0 Å². The van der Waals surface area contributed by atoms with Crippen molar-refractivity contribution >= 4 is 5.91 Å². The van der Waals surface area contributed by atoms with Gasteiger partial charge in [-0.25, -0.2) is 0 Å². The fourth-order valence-electron chi connectivity index (χ4n) is 3.78. The molecule has 0 radical (unpaired) electrons. The highest BCUT2D eigenvalue weighted by molar-refractivity contribution is 5.92. The van der Waals surface area contributed by atoms with Crippen LogP contribution >= 0.6 is 0 Å². The summed E-state index contributed by atoms with van der Waals surface area (Å²) >= 11 is 0. The molecule has 1 amide bonds. The fourth-order valence-corrected chi connectivity index (χ4v) is 3.78. The van der Waals surface area contributed by atoms with E-state index in [1.165, 1.54) is 12.8 Å². The number of carbonyl (C=O) groups excluding carboxylic acids is 1. The van der Waals surface area contributed by atoms with Crippen LogP contribution in [-0.4, -0.2) is 46.9 Å². The number of fused-ring (bicyclic) bond motifs is 2. The first-order chi connectivity index (χ1) is 9.04. The molecule has 0 aromatic heterocycles. The summed E-state index contributed by atoms with van der Waals surface area (Å²) in [5, 5.41) is 0. The molecule has 2 fully saturated rings. The van der Waals surface area contributed by atoms with E-state index >= 15 is 0 Å². The highest BCUT2D eigenvalue weighted by atomic mass is 16.2. The molecule has 2 heterocycles. The average molecular weight is 264 g/mol. The molecule has 0 N–H and O–H groups in total. The van der Waals surface area contributed by atoms with Crippen molar-refractivity contribution in [3.8, 4) is 0 Å². The van der Waals surface area contributed by atoms with Gasteiger partial charge in [0, 0.05) is 36.8 Å². The lowest BCUT2D eigenvalue weighted by molar-refractivity contribution is -0.127. The van der Waals surface area contributed by atoms with Gasteiger partial charge in [0.2, 0.25) is 5.91 Å². The van der Waals surface area contributed by atoms with Crippen LogP contribution < -0.4 is 0 Å². The van der Waals surface area contributed by atoms with E-state index in [-0.39, 0.29) is 5.91 Å². The van der Waals surface area contributed by atoms with Crippen LogP contribution in [0.5, 0.6) is 0 Å². The maximum Gasteiger partial charge on any atom is 0.249 e. The molecule has 108 valence electrons. The Bertz CT molecular complexity index is 362. The fraction of sp³-hybridized carbons (Fsp3) is 0.812. The number of nitrogens with zero attached hydrogens (tertiary/aromatic N) is 2. The molecule has 2 bridgehead atoms. The third-order valence-electron chi connectivity index (χ3n) is 4.57. The molecule has 2 saturated heterocycles. The third-order valence-corrected chi connectivity index (χ3v) is 4.57. The summed E-state index contributed by atoms with van der Waals surface area (Å²) in [6.07, 6.45) is 6.69. The molecule has 3 nitrogen and oxygen atoms in total. The molecular weight excluding hydrogens is 236 g/mol. The standard InChI is InChI=1S/C16H28N2O/c1-5-6-13(4)16(19)17-10-9-14-7-8-15(11-17)18(14)12(2)3/h6,12,14-15H,5,7-11H2,1-4H3/b13-6-/t14-,15+/m0/s1. The Morgan fingerprint density at radius 1 is 1.26 bits per heavy atom. The Balaban J connectivity index is 2.08. The van der Waals surface area contributed by atoms with Gasteiger partial charge in [0.25, 0.3) is 0 Å². The second-order valence-electron chi connectivity index (χ2n) is 6.26. The minimum absolute atomic E-state index is 0.248. The molecule has 2 rings (SSSR count). The first kappa shape index (κ1) is 14.6. The SMILES string of the molecule is CC/C=C(/C)C(=O)N1CC[C@@H]2CC[C@H](C1)N2C(C)C. The van der Waals surface area contributed by atoms with E-state index in [1.54, 1.807) is 0 Å².